The number of anilines is 3. The molecule has 3 heterocycles. The van der Waals surface area contributed by atoms with E-state index in [2.05, 4.69) is 195 Å². The number of aromatic amines is 1. The zero-order valence-corrected chi connectivity index (χ0v) is 30.6. The summed E-state index contributed by atoms with van der Waals surface area (Å²) in [7, 11) is 2.48. The summed E-state index contributed by atoms with van der Waals surface area (Å²) in [4.78, 5) is 6.65. The lowest BCUT2D eigenvalue weighted by atomic mass is 9.54. The molecule has 13 rings (SSSR count). The van der Waals surface area contributed by atoms with Crippen molar-refractivity contribution in [2.45, 2.75) is 24.7 Å². The molecule has 1 N–H and O–H groups in total. The molecular weight excluding hydrogens is 663 g/mol. The summed E-state index contributed by atoms with van der Waals surface area (Å²) in [6.45, 7) is 4.72. The maximum Gasteiger partial charge on any atom is 0.197 e. The highest BCUT2D eigenvalue weighted by Crippen LogP contribution is 2.63. The van der Waals surface area contributed by atoms with E-state index in [1.54, 1.807) is 0 Å². The lowest BCUT2D eigenvalue weighted by Gasteiger charge is -2.48. The minimum absolute atomic E-state index is 0.118. The maximum absolute atomic E-state index is 4.06. The molecule has 255 valence electrons. The molecule has 4 aliphatic rings. The number of fused-ring (bicyclic) bond motifs is 17. The van der Waals surface area contributed by atoms with Crippen LogP contribution < -0.4 is 15.8 Å². The first-order chi connectivity index (χ1) is 27.1. The summed E-state index contributed by atoms with van der Waals surface area (Å²) in [6.07, 6.45) is 0. The Morgan fingerprint density at radius 3 is 1.89 bits per heavy atom. The third-order valence-corrected chi connectivity index (χ3v) is 13.4. The van der Waals surface area contributed by atoms with E-state index in [1.165, 1.54) is 117 Å². The van der Waals surface area contributed by atoms with Crippen LogP contribution in [0.25, 0.3) is 55.1 Å². The van der Waals surface area contributed by atoms with Gasteiger partial charge in [0, 0.05) is 39.0 Å². The Morgan fingerprint density at radius 2 is 1.09 bits per heavy atom. The third kappa shape index (κ3) is 3.45. The van der Waals surface area contributed by atoms with Gasteiger partial charge in [0.15, 0.2) is 7.28 Å². The predicted octanol–water partition coefficient (Wildman–Crippen LogP) is 11.4. The van der Waals surface area contributed by atoms with E-state index < -0.39 is 5.41 Å². The van der Waals surface area contributed by atoms with Crippen LogP contribution in [0.3, 0.4) is 0 Å². The number of hydrogen-bond acceptors (Lipinski definition) is 1. The number of hydrogen-bond donors (Lipinski definition) is 1. The van der Waals surface area contributed by atoms with Crippen LogP contribution in [0.4, 0.5) is 17.1 Å². The minimum Gasteiger partial charge on any atom is -0.357 e. The number of H-pyrrole nitrogens is 1. The van der Waals surface area contributed by atoms with E-state index in [0.717, 1.165) is 0 Å². The van der Waals surface area contributed by atoms with E-state index in [4.69, 9.17) is 0 Å². The summed E-state index contributed by atoms with van der Waals surface area (Å²) >= 11 is 0. The smallest absolute Gasteiger partial charge is 0.197 e. The summed E-state index contributed by atoms with van der Waals surface area (Å²) < 4.78 is 0. The second-order valence-electron chi connectivity index (χ2n) is 16.3. The first-order valence-electron chi connectivity index (χ1n) is 19.5. The third-order valence-electron chi connectivity index (χ3n) is 13.4. The highest BCUT2D eigenvalue weighted by atomic mass is 15.2. The number of nitrogens with zero attached hydrogens (tertiary/aromatic N) is 1. The highest BCUT2D eigenvalue weighted by molar-refractivity contribution is 6.74. The van der Waals surface area contributed by atoms with E-state index in [9.17, 15) is 0 Å². The Bertz CT molecular complexity index is 3140. The van der Waals surface area contributed by atoms with Crippen LogP contribution in [0.5, 0.6) is 0 Å². The van der Waals surface area contributed by atoms with Crippen molar-refractivity contribution in [3.05, 3.63) is 197 Å². The number of nitrogens with one attached hydrogen (secondary N) is 1. The van der Waals surface area contributed by atoms with Crippen molar-refractivity contribution in [3.63, 3.8) is 0 Å². The molecule has 55 heavy (non-hydrogen) atoms. The van der Waals surface area contributed by atoms with Gasteiger partial charge in [0.25, 0.3) is 0 Å². The SMILES string of the molecule is CC1(C)c2ccccc2-c2c1[nH]c1c(-c3c4c(cc5ccccc35)N3c5ccccc5C5(c6ccccc6-c6ccccc65)c5cccc(c53)[B]4)cccc21. The van der Waals surface area contributed by atoms with Crippen molar-refractivity contribution in [2.75, 3.05) is 4.90 Å². The number of aromatic nitrogens is 1. The predicted molar refractivity (Wildman–Crippen MR) is 229 cm³/mol. The molecule has 8 aromatic carbocycles. The van der Waals surface area contributed by atoms with Gasteiger partial charge in [-0.25, -0.2) is 0 Å². The van der Waals surface area contributed by atoms with Gasteiger partial charge < -0.3 is 9.88 Å². The Labute approximate surface area is 321 Å². The fraction of sp³-hybridized carbons (Fsp3) is 0.0769. The van der Waals surface area contributed by atoms with Gasteiger partial charge in [-0.1, -0.05) is 171 Å². The van der Waals surface area contributed by atoms with Gasteiger partial charge in [-0.05, 0) is 78.4 Å². The lowest BCUT2D eigenvalue weighted by Crippen LogP contribution is -2.47. The minimum atomic E-state index is -0.434. The lowest BCUT2D eigenvalue weighted by molar-refractivity contribution is 0.642. The van der Waals surface area contributed by atoms with Gasteiger partial charge in [0.2, 0.25) is 0 Å². The number of benzene rings is 8. The summed E-state index contributed by atoms with van der Waals surface area (Å²) in [5, 5.41) is 3.79. The van der Waals surface area contributed by atoms with E-state index in [0.29, 0.717) is 0 Å². The molecule has 2 aliphatic heterocycles. The van der Waals surface area contributed by atoms with E-state index >= 15 is 0 Å². The van der Waals surface area contributed by atoms with Gasteiger partial charge >= 0.3 is 0 Å². The first-order valence-corrected chi connectivity index (χ1v) is 19.5. The fourth-order valence-corrected chi connectivity index (χ4v) is 11.2. The molecule has 9 aromatic rings. The molecule has 2 nitrogen and oxygen atoms in total. The van der Waals surface area contributed by atoms with Crippen molar-refractivity contribution in [1.29, 1.82) is 0 Å². The largest absolute Gasteiger partial charge is 0.357 e. The monoisotopic (exact) mass is 697 g/mol. The molecule has 1 aromatic heterocycles. The van der Waals surface area contributed by atoms with Crippen molar-refractivity contribution >= 4 is 56.9 Å². The molecule has 0 saturated heterocycles. The van der Waals surface area contributed by atoms with Crippen molar-refractivity contribution in [2.24, 2.45) is 0 Å². The van der Waals surface area contributed by atoms with Crippen LogP contribution in [0.15, 0.2) is 164 Å². The summed E-state index contributed by atoms with van der Waals surface area (Å²) in [5.74, 6) is 0. The van der Waals surface area contributed by atoms with Crippen molar-refractivity contribution in [1.82, 2.24) is 4.98 Å². The molecular formula is C52H34BN2. The standard InChI is InChI=1S/C52H34BN2/c1-51(2)37-22-8-7-19-34(37)46-36-21-13-20-35(48(36)54-50(46)51)45-31-16-4-3-15-30(31)29-44-47(45)53-42-27-14-26-41-49(42)55(44)43-28-12-11-25-40(43)52(41)38-23-9-5-17-32(38)33-18-6-10-24-39(33)52/h3-29,54H,1-2H3. The van der Waals surface area contributed by atoms with Gasteiger partial charge in [0.1, 0.15) is 0 Å². The molecule has 0 atom stereocenters. The van der Waals surface area contributed by atoms with Crippen LogP contribution in [0.2, 0.25) is 0 Å². The average Bonchev–Trinajstić information content (AvgIpc) is 3.84. The molecule has 0 amide bonds. The van der Waals surface area contributed by atoms with Gasteiger partial charge in [0.05, 0.1) is 16.6 Å². The zero-order valence-electron chi connectivity index (χ0n) is 30.6. The Hall–Kier alpha value is -6.58. The Balaban J connectivity index is 1.13. The van der Waals surface area contributed by atoms with Crippen LogP contribution in [-0.4, -0.2) is 12.3 Å². The van der Waals surface area contributed by atoms with E-state index in [-0.39, 0.29) is 5.41 Å². The molecule has 2 aliphatic carbocycles. The van der Waals surface area contributed by atoms with Gasteiger partial charge in [-0.15, -0.1) is 0 Å². The van der Waals surface area contributed by atoms with E-state index in [1.807, 2.05) is 0 Å². The molecule has 0 unspecified atom stereocenters. The molecule has 1 radical (unpaired) electrons. The average molecular weight is 698 g/mol. The number of rotatable bonds is 1. The van der Waals surface area contributed by atoms with Crippen LogP contribution >= 0.6 is 0 Å². The summed E-state index contributed by atoms with van der Waals surface area (Å²) in [5.41, 5.74) is 22.8. The molecule has 1 spiro atoms. The summed E-state index contributed by atoms with van der Waals surface area (Å²) in [6, 6.07) is 61.6. The topological polar surface area (TPSA) is 19.0 Å². The molecule has 0 saturated carbocycles. The van der Waals surface area contributed by atoms with Gasteiger partial charge in [-0.3, -0.25) is 0 Å². The second-order valence-corrected chi connectivity index (χ2v) is 16.3. The fourth-order valence-electron chi connectivity index (χ4n) is 11.2. The normalized spacial score (nSPS) is 15.5. The quantitative estimate of drug-likeness (QED) is 0.169. The maximum atomic E-state index is 4.06. The van der Waals surface area contributed by atoms with Crippen LogP contribution in [0.1, 0.15) is 47.4 Å². The van der Waals surface area contributed by atoms with Crippen LogP contribution in [0, 0.1) is 0 Å². The zero-order chi connectivity index (χ0) is 36.2. The number of para-hydroxylation sites is 3. The Morgan fingerprint density at radius 1 is 0.491 bits per heavy atom. The highest BCUT2D eigenvalue weighted by Gasteiger charge is 2.53. The van der Waals surface area contributed by atoms with Gasteiger partial charge in [-0.2, -0.15) is 0 Å². The molecule has 0 fully saturated rings. The van der Waals surface area contributed by atoms with Crippen molar-refractivity contribution < 1.29 is 0 Å². The van der Waals surface area contributed by atoms with Crippen molar-refractivity contribution in [3.8, 4) is 33.4 Å². The first kappa shape index (κ1) is 29.8. The second kappa shape index (κ2) is 10.1. The Kier molecular flexibility index (Phi) is 5.50. The molecule has 0 bridgehead atoms. The molecule has 3 heteroatoms. The van der Waals surface area contributed by atoms with Crippen LogP contribution in [-0.2, 0) is 10.8 Å².